The van der Waals surface area contributed by atoms with E-state index in [1.54, 1.807) is 6.07 Å². The van der Waals surface area contributed by atoms with E-state index in [0.717, 1.165) is 0 Å². The molecule has 6 nitrogen and oxygen atoms in total. The highest BCUT2D eigenvalue weighted by Crippen LogP contribution is 2.15. The number of nitro groups is 1. The van der Waals surface area contributed by atoms with Gasteiger partial charge in [-0.15, -0.1) is 0 Å². The van der Waals surface area contributed by atoms with Crippen LogP contribution >= 0.6 is 0 Å². The highest BCUT2D eigenvalue weighted by Gasteiger charge is 2.14. The summed E-state index contributed by atoms with van der Waals surface area (Å²) in [7, 11) is 0. The van der Waals surface area contributed by atoms with Crippen LogP contribution in [-0.4, -0.2) is 21.0 Å². The molecule has 0 saturated heterocycles. The number of hydrogen-bond acceptors (Lipinski definition) is 4. The number of aliphatic carboxylic acids is 1. The summed E-state index contributed by atoms with van der Waals surface area (Å²) in [6.45, 7) is 0. The average molecular weight is 196 g/mol. The largest absolute Gasteiger partial charge is 0.481 e. The van der Waals surface area contributed by atoms with Gasteiger partial charge in [0.2, 0.25) is 0 Å². The van der Waals surface area contributed by atoms with Gasteiger partial charge in [-0.05, 0) is 28.5 Å². The second kappa shape index (κ2) is 4.31. The van der Waals surface area contributed by atoms with Crippen LogP contribution in [0.25, 0.3) is 0 Å². The zero-order valence-corrected chi connectivity index (χ0v) is 7.21. The number of pyridine rings is 1. The van der Waals surface area contributed by atoms with E-state index in [9.17, 15) is 14.9 Å². The lowest BCUT2D eigenvalue weighted by Crippen LogP contribution is -2.02. The summed E-state index contributed by atoms with van der Waals surface area (Å²) in [4.78, 5) is 23.7. The van der Waals surface area contributed by atoms with E-state index in [1.165, 1.54) is 12.3 Å². The molecule has 1 rings (SSSR count). The molecule has 0 atom stereocenters. The lowest BCUT2D eigenvalue weighted by Gasteiger charge is -1.99. The Kier molecular flexibility index (Phi) is 3.11. The van der Waals surface area contributed by atoms with Crippen LogP contribution in [0.3, 0.4) is 0 Å². The third-order valence-corrected chi connectivity index (χ3v) is 1.65. The summed E-state index contributed by atoms with van der Waals surface area (Å²) in [6.07, 6.45) is 1.30. The van der Waals surface area contributed by atoms with E-state index in [-0.39, 0.29) is 18.7 Å². The monoisotopic (exact) mass is 196 g/mol. The molecule has 0 aliphatic heterocycles. The van der Waals surface area contributed by atoms with Crippen molar-refractivity contribution in [2.75, 3.05) is 0 Å². The predicted octanol–water partition coefficient (Wildman–Crippen LogP) is 1.01. The van der Waals surface area contributed by atoms with Gasteiger partial charge in [0.1, 0.15) is 6.20 Å². The maximum absolute atomic E-state index is 10.5. The minimum Gasteiger partial charge on any atom is -0.481 e. The number of hydrogen-bond donors (Lipinski definition) is 1. The van der Waals surface area contributed by atoms with Crippen molar-refractivity contribution in [1.82, 2.24) is 4.98 Å². The normalized spacial score (nSPS) is 9.71. The number of aromatic nitrogens is 1. The van der Waals surface area contributed by atoms with Crippen molar-refractivity contribution in [1.29, 1.82) is 0 Å². The van der Waals surface area contributed by atoms with E-state index in [1.807, 2.05) is 0 Å². The number of carboxylic acid groups (broad SMARTS) is 1. The molecule has 0 unspecified atom stereocenters. The fraction of sp³-hybridized carbons (Fsp3) is 0.250. The first-order chi connectivity index (χ1) is 6.61. The first kappa shape index (κ1) is 10.1. The van der Waals surface area contributed by atoms with E-state index in [0.29, 0.717) is 5.56 Å². The van der Waals surface area contributed by atoms with Crippen LogP contribution in [0.2, 0.25) is 0 Å². The molecule has 74 valence electrons. The Morgan fingerprint density at radius 2 is 2.36 bits per heavy atom. The third kappa shape index (κ3) is 2.51. The van der Waals surface area contributed by atoms with E-state index in [4.69, 9.17) is 5.11 Å². The van der Waals surface area contributed by atoms with Gasteiger partial charge in [-0.25, -0.2) is 0 Å². The first-order valence-electron chi connectivity index (χ1n) is 3.91. The fourth-order valence-electron chi connectivity index (χ4n) is 1.03. The zero-order valence-electron chi connectivity index (χ0n) is 7.21. The summed E-state index contributed by atoms with van der Waals surface area (Å²) in [5.41, 5.74) is 0.347. The molecular formula is C8H8N2O4. The summed E-state index contributed by atoms with van der Waals surface area (Å²) in [6, 6.07) is 3.05. The smallest absolute Gasteiger partial charge is 0.366 e. The second-order valence-electron chi connectivity index (χ2n) is 2.64. The van der Waals surface area contributed by atoms with E-state index >= 15 is 0 Å². The van der Waals surface area contributed by atoms with Crippen molar-refractivity contribution in [3.8, 4) is 0 Å². The highest BCUT2D eigenvalue weighted by molar-refractivity contribution is 5.67. The molecule has 0 fully saturated rings. The number of nitrogens with zero attached hydrogens (tertiary/aromatic N) is 2. The lowest BCUT2D eigenvalue weighted by molar-refractivity contribution is -0.390. The minimum absolute atomic E-state index is 0.124. The van der Waals surface area contributed by atoms with Gasteiger partial charge in [0.05, 0.1) is 5.56 Å². The third-order valence-electron chi connectivity index (χ3n) is 1.65. The van der Waals surface area contributed by atoms with Gasteiger partial charge in [-0.2, -0.15) is 0 Å². The summed E-state index contributed by atoms with van der Waals surface area (Å²) in [5.74, 6) is -1.25. The van der Waals surface area contributed by atoms with E-state index in [2.05, 4.69) is 4.98 Å². The Balaban J connectivity index is 2.84. The second-order valence-corrected chi connectivity index (χ2v) is 2.64. The summed E-state index contributed by atoms with van der Waals surface area (Å²) >= 11 is 0. The molecule has 1 aromatic heterocycles. The molecule has 0 aliphatic carbocycles. The van der Waals surface area contributed by atoms with Crippen LogP contribution < -0.4 is 0 Å². The van der Waals surface area contributed by atoms with Gasteiger partial charge in [0, 0.05) is 6.42 Å². The quantitative estimate of drug-likeness (QED) is 0.572. The van der Waals surface area contributed by atoms with Crippen molar-refractivity contribution in [2.45, 2.75) is 12.8 Å². The molecule has 1 heterocycles. The maximum atomic E-state index is 10.5. The van der Waals surface area contributed by atoms with Crippen LogP contribution in [0.5, 0.6) is 0 Å². The fourth-order valence-corrected chi connectivity index (χ4v) is 1.03. The summed E-state index contributed by atoms with van der Waals surface area (Å²) < 4.78 is 0. The number of aryl methyl sites for hydroxylation is 1. The Bertz CT molecular complexity index is 364. The van der Waals surface area contributed by atoms with Crippen molar-refractivity contribution in [3.63, 3.8) is 0 Å². The van der Waals surface area contributed by atoms with Gasteiger partial charge in [-0.3, -0.25) is 4.79 Å². The molecule has 14 heavy (non-hydrogen) atoms. The van der Waals surface area contributed by atoms with Crippen molar-refractivity contribution < 1.29 is 14.8 Å². The van der Waals surface area contributed by atoms with Gasteiger partial charge < -0.3 is 15.2 Å². The highest BCUT2D eigenvalue weighted by atomic mass is 16.6. The molecule has 0 spiro atoms. The molecule has 0 bridgehead atoms. The maximum Gasteiger partial charge on any atom is 0.366 e. The Labute approximate surface area is 79.4 Å². The SMILES string of the molecule is O=C(O)CCc1cccnc1[N+](=O)[O-]. The zero-order chi connectivity index (χ0) is 10.6. The standard InChI is InChI=1S/C8H8N2O4/c11-7(12)4-3-6-2-1-5-9-8(6)10(13)14/h1-2,5H,3-4H2,(H,11,12). The molecular weight excluding hydrogens is 188 g/mol. The van der Waals surface area contributed by atoms with Gasteiger partial charge in [-0.1, -0.05) is 0 Å². The molecule has 0 radical (unpaired) electrons. The van der Waals surface area contributed by atoms with Crippen LogP contribution in [0.1, 0.15) is 12.0 Å². The van der Waals surface area contributed by atoms with Crippen LogP contribution in [-0.2, 0) is 11.2 Å². The molecule has 6 heteroatoms. The molecule has 0 saturated carbocycles. The molecule has 1 N–H and O–H groups in total. The van der Waals surface area contributed by atoms with Crippen molar-refractivity contribution in [3.05, 3.63) is 34.0 Å². The number of carboxylic acids is 1. The van der Waals surface area contributed by atoms with Crippen LogP contribution in [0, 0.1) is 10.1 Å². The van der Waals surface area contributed by atoms with E-state index < -0.39 is 10.9 Å². The van der Waals surface area contributed by atoms with Crippen LogP contribution in [0.15, 0.2) is 18.3 Å². The van der Waals surface area contributed by atoms with Gasteiger partial charge in [0.25, 0.3) is 0 Å². The minimum atomic E-state index is -0.983. The Morgan fingerprint density at radius 1 is 1.64 bits per heavy atom. The van der Waals surface area contributed by atoms with Gasteiger partial charge >= 0.3 is 11.8 Å². The molecule has 0 aromatic carbocycles. The van der Waals surface area contributed by atoms with Gasteiger partial charge in [0.15, 0.2) is 0 Å². The topological polar surface area (TPSA) is 93.3 Å². The number of carbonyl (C=O) groups is 1. The molecule has 0 amide bonds. The van der Waals surface area contributed by atoms with Crippen molar-refractivity contribution in [2.24, 2.45) is 0 Å². The first-order valence-corrected chi connectivity index (χ1v) is 3.91. The Hall–Kier alpha value is -1.98. The lowest BCUT2D eigenvalue weighted by atomic mass is 10.1. The molecule has 0 aliphatic rings. The summed E-state index contributed by atoms with van der Waals surface area (Å²) in [5, 5.41) is 18.9. The average Bonchev–Trinajstić information content (AvgIpc) is 2.15. The Morgan fingerprint density at radius 3 is 2.93 bits per heavy atom. The molecule has 1 aromatic rings. The van der Waals surface area contributed by atoms with Crippen molar-refractivity contribution >= 4 is 11.8 Å². The van der Waals surface area contributed by atoms with Crippen LogP contribution in [0.4, 0.5) is 5.82 Å². The predicted molar refractivity (Wildman–Crippen MR) is 46.8 cm³/mol. The number of rotatable bonds is 4.